The molecule has 0 amide bonds. The Bertz CT molecular complexity index is 3240. The molecule has 1 aliphatic rings. The summed E-state index contributed by atoms with van der Waals surface area (Å²) in [5.74, 6) is 1.97. The Morgan fingerprint density at radius 1 is 0.404 bits per heavy atom. The number of rotatable bonds is 4. The van der Waals surface area contributed by atoms with E-state index in [1.807, 2.05) is 18.2 Å². The van der Waals surface area contributed by atoms with Gasteiger partial charge in [0.15, 0.2) is 17.5 Å². The predicted molar refractivity (Wildman–Crippen MR) is 238 cm³/mol. The Morgan fingerprint density at radius 3 is 1.79 bits per heavy atom. The molecule has 0 radical (unpaired) electrons. The number of nitrogens with zero attached hydrogens (tertiary/aromatic N) is 4. The first-order chi connectivity index (χ1) is 27.7. The first-order valence-corrected chi connectivity index (χ1v) is 20.1. The highest BCUT2D eigenvalue weighted by atomic mass is 15.0. The SMILES string of the molecule is CC1(C)CCC(C)(C)c2cc3c(cc21)c1cc2ccccc2cc1n3-c1ccc2ccc(-c3nc(-c4ccccc4)nc(-c4cccc5ccccc45)n3)cc2c1. The number of hydrogen-bond acceptors (Lipinski definition) is 3. The Morgan fingerprint density at radius 2 is 1.00 bits per heavy atom. The van der Waals surface area contributed by atoms with E-state index >= 15 is 0 Å². The van der Waals surface area contributed by atoms with Crippen molar-refractivity contribution in [3.8, 4) is 39.9 Å². The molecule has 0 saturated carbocycles. The molecule has 11 rings (SSSR count). The van der Waals surface area contributed by atoms with Crippen molar-refractivity contribution in [2.75, 3.05) is 0 Å². The first kappa shape index (κ1) is 33.7. The Balaban J connectivity index is 1.13. The molecule has 0 unspecified atom stereocenters. The van der Waals surface area contributed by atoms with Gasteiger partial charge in [-0.2, -0.15) is 0 Å². The standard InChI is InChI=1S/C53H42N4/c1-52(2)25-26-53(3,4)46-32-48-44(31-45(46)52)43-29-36-16-8-9-17-37(36)30-47(43)57(48)40-24-23-33-21-22-38(27-39(33)28-40)50-54-49(35-14-6-5-7-15-35)55-51(56-50)42-20-12-18-34-13-10-11-19-41(34)42/h5-24,27-32H,25-26H2,1-4H3. The van der Waals surface area contributed by atoms with E-state index in [1.54, 1.807) is 0 Å². The number of hydrogen-bond donors (Lipinski definition) is 0. The second-order valence-corrected chi connectivity index (χ2v) is 17.2. The van der Waals surface area contributed by atoms with E-state index in [1.165, 1.54) is 61.9 Å². The van der Waals surface area contributed by atoms with Gasteiger partial charge in [-0.3, -0.25) is 0 Å². The van der Waals surface area contributed by atoms with Gasteiger partial charge in [0.2, 0.25) is 0 Å². The van der Waals surface area contributed by atoms with Crippen LogP contribution in [0.1, 0.15) is 51.7 Å². The average molecular weight is 735 g/mol. The van der Waals surface area contributed by atoms with E-state index in [2.05, 4.69) is 172 Å². The minimum Gasteiger partial charge on any atom is -0.309 e. The van der Waals surface area contributed by atoms with Gasteiger partial charge >= 0.3 is 0 Å². The Kier molecular flexibility index (Phi) is 7.34. The van der Waals surface area contributed by atoms with Gasteiger partial charge in [-0.1, -0.05) is 143 Å². The zero-order valence-electron chi connectivity index (χ0n) is 32.7. The smallest absolute Gasteiger partial charge is 0.164 e. The fraction of sp³-hybridized carbons (Fsp3) is 0.151. The maximum Gasteiger partial charge on any atom is 0.164 e. The summed E-state index contributed by atoms with van der Waals surface area (Å²) >= 11 is 0. The molecule has 0 saturated heterocycles. The van der Waals surface area contributed by atoms with Gasteiger partial charge in [-0.25, -0.2) is 15.0 Å². The van der Waals surface area contributed by atoms with Crippen molar-refractivity contribution in [2.24, 2.45) is 0 Å². The van der Waals surface area contributed by atoms with Gasteiger partial charge in [0.05, 0.1) is 11.0 Å². The van der Waals surface area contributed by atoms with Crippen molar-refractivity contribution < 1.29 is 0 Å². The van der Waals surface area contributed by atoms with Gasteiger partial charge in [0.1, 0.15) is 0 Å². The monoisotopic (exact) mass is 734 g/mol. The summed E-state index contributed by atoms with van der Waals surface area (Å²) < 4.78 is 2.50. The van der Waals surface area contributed by atoms with Crippen LogP contribution in [0.25, 0.3) is 94.0 Å². The molecule has 0 fully saturated rings. The van der Waals surface area contributed by atoms with Gasteiger partial charge in [0, 0.05) is 33.2 Å². The third kappa shape index (κ3) is 5.46. The van der Waals surface area contributed by atoms with Crippen molar-refractivity contribution in [2.45, 2.75) is 51.4 Å². The fourth-order valence-corrected chi connectivity index (χ4v) is 9.31. The second-order valence-electron chi connectivity index (χ2n) is 17.2. The summed E-state index contributed by atoms with van der Waals surface area (Å²) in [5.41, 5.74) is 9.68. The van der Waals surface area contributed by atoms with E-state index in [-0.39, 0.29) is 10.8 Å². The Labute approximate surface area is 332 Å². The maximum atomic E-state index is 5.18. The van der Waals surface area contributed by atoms with Crippen LogP contribution in [-0.2, 0) is 10.8 Å². The van der Waals surface area contributed by atoms with E-state index in [4.69, 9.17) is 15.0 Å². The molecule has 0 spiro atoms. The lowest BCUT2D eigenvalue weighted by Gasteiger charge is -2.42. The lowest BCUT2D eigenvalue weighted by Crippen LogP contribution is -2.33. The minimum absolute atomic E-state index is 0.0946. The molecule has 0 atom stereocenters. The summed E-state index contributed by atoms with van der Waals surface area (Å²) in [6.07, 6.45) is 2.36. The van der Waals surface area contributed by atoms with Crippen LogP contribution < -0.4 is 0 Å². The summed E-state index contributed by atoms with van der Waals surface area (Å²) in [4.78, 5) is 15.3. The average Bonchev–Trinajstić information content (AvgIpc) is 3.55. The lowest BCUT2D eigenvalue weighted by molar-refractivity contribution is 0.332. The third-order valence-electron chi connectivity index (χ3n) is 12.6. The number of aromatic nitrogens is 4. The largest absolute Gasteiger partial charge is 0.309 e. The van der Waals surface area contributed by atoms with Crippen LogP contribution >= 0.6 is 0 Å². The molecule has 8 aromatic carbocycles. The van der Waals surface area contributed by atoms with Crippen LogP contribution in [0.5, 0.6) is 0 Å². The van der Waals surface area contributed by atoms with Crippen LogP contribution in [0, 0.1) is 0 Å². The summed E-state index contributed by atoms with van der Waals surface area (Å²) in [6.45, 7) is 9.68. The van der Waals surface area contributed by atoms with Crippen molar-refractivity contribution in [3.05, 3.63) is 169 Å². The molecule has 4 nitrogen and oxygen atoms in total. The highest BCUT2D eigenvalue weighted by molar-refractivity contribution is 6.14. The zero-order valence-corrected chi connectivity index (χ0v) is 32.7. The summed E-state index contributed by atoms with van der Waals surface area (Å²) in [6, 6.07) is 57.0. The van der Waals surface area contributed by atoms with E-state index in [9.17, 15) is 0 Å². The van der Waals surface area contributed by atoms with Crippen molar-refractivity contribution in [1.29, 1.82) is 0 Å². The molecular formula is C53H42N4. The molecule has 0 N–H and O–H groups in total. The molecule has 0 aliphatic heterocycles. The van der Waals surface area contributed by atoms with Crippen LogP contribution in [0.3, 0.4) is 0 Å². The summed E-state index contributed by atoms with van der Waals surface area (Å²) in [7, 11) is 0. The van der Waals surface area contributed by atoms with E-state index in [0.717, 1.165) is 38.5 Å². The molecule has 10 aromatic rings. The third-order valence-corrected chi connectivity index (χ3v) is 12.6. The summed E-state index contributed by atoms with van der Waals surface area (Å²) in [5, 5.41) is 9.68. The molecular weight excluding hydrogens is 693 g/mol. The van der Waals surface area contributed by atoms with Gasteiger partial charge in [0.25, 0.3) is 0 Å². The molecule has 0 bridgehead atoms. The Hall–Kier alpha value is -6.65. The zero-order chi connectivity index (χ0) is 38.5. The van der Waals surface area contributed by atoms with Gasteiger partial charge < -0.3 is 4.57 Å². The molecule has 4 heteroatoms. The van der Waals surface area contributed by atoms with E-state index < -0.39 is 0 Å². The van der Waals surface area contributed by atoms with Gasteiger partial charge in [-0.05, 0) is 110 Å². The van der Waals surface area contributed by atoms with Crippen LogP contribution in [0.4, 0.5) is 0 Å². The highest BCUT2D eigenvalue weighted by Crippen LogP contribution is 2.49. The van der Waals surface area contributed by atoms with Crippen molar-refractivity contribution in [1.82, 2.24) is 19.5 Å². The maximum absolute atomic E-state index is 5.18. The molecule has 57 heavy (non-hydrogen) atoms. The number of benzene rings is 8. The highest BCUT2D eigenvalue weighted by Gasteiger charge is 2.38. The van der Waals surface area contributed by atoms with Crippen LogP contribution in [0.2, 0.25) is 0 Å². The quantitative estimate of drug-likeness (QED) is 0.181. The van der Waals surface area contributed by atoms with E-state index in [0.29, 0.717) is 17.5 Å². The van der Waals surface area contributed by atoms with Crippen LogP contribution in [-0.4, -0.2) is 19.5 Å². The van der Waals surface area contributed by atoms with Crippen LogP contribution in [0.15, 0.2) is 158 Å². The van der Waals surface area contributed by atoms with Crippen molar-refractivity contribution >= 4 is 54.1 Å². The first-order valence-electron chi connectivity index (χ1n) is 20.1. The molecule has 2 aromatic heterocycles. The second kappa shape index (κ2) is 12.4. The topological polar surface area (TPSA) is 43.6 Å². The molecule has 274 valence electrons. The number of fused-ring (bicyclic) bond motifs is 7. The molecule has 1 aliphatic carbocycles. The lowest BCUT2D eigenvalue weighted by atomic mass is 9.63. The molecule has 2 heterocycles. The van der Waals surface area contributed by atoms with Crippen molar-refractivity contribution in [3.63, 3.8) is 0 Å². The fourth-order valence-electron chi connectivity index (χ4n) is 9.31. The predicted octanol–water partition coefficient (Wildman–Crippen LogP) is 13.8. The van der Waals surface area contributed by atoms with Gasteiger partial charge in [-0.15, -0.1) is 0 Å². The minimum atomic E-state index is 0.0946. The normalized spacial score (nSPS) is 14.8.